The summed E-state index contributed by atoms with van der Waals surface area (Å²) in [6.45, 7) is 0.355. The molecule has 0 N–H and O–H groups in total. The fourth-order valence-electron chi connectivity index (χ4n) is 2.15. The first-order valence-corrected chi connectivity index (χ1v) is 6.90. The molecule has 0 aliphatic heterocycles. The van der Waals surface area contributed by atoms with Crippen molar-refractivity contribution >= 4 is 5.91 Å². The summed E-state index contributed by atoms with van der Waals surface area (Å²) in [6, 6.07) is 15.1. The topological polar surface area (TPSA) is 59.2 Å². The first-order valence-electron chi connectivity index (χ1n) is 6.90. The summed E-state index contributed by atoms with van der Waals surface area (Å²) in [5.41, 5.74) is 2.30. The average molecular weight is 293 g/mol. The Labute approximate surface area is 128 Å². The molecular formula is C17H15N3O2. The van der Waals surface area contributed by atoms with Gasteiger partial charge in [-0.3, -0.25) is 9.78 Å². The molecule has 5 heteroatoms. The summed E-state index contributed by atoms with van der Waals surface area (Å²) in [4.78, 5) is 17.8. The van der Waals surface area contributed by atoms with Crippen LogP contribution in [0.15, 0.2) is 65.4 Å². The second-order valence-corrected chi connectivity index (χ2v) is 4.95. The smallest absolute Gasteiger partial charge is 0.255 e. The van der Waals surface area contributed by atoms with Gasteiger partial charge in [0.15, 0.2) is 5.76 Å². The number of pyridine rings is 1. The van der Waals surface area contributed by atoms with Gasteiger partial charge in [-0.1, -0.05) is 35.5 Å². The third kappa shape index (κ3) is 3.03. The van der Waals surface area contributed by atoms with Crippen LogP contribution in [0.4, 0.5) is 0 Å². The van der Waals surface area contributed by atoms with E-state index in [0.29, 0.717) is 17.9 Å². The van der Waals surface area contributed by atoms with E-state index in [1.165, 1.54) is 0 Å². The predicted molar refractivity (Wildman–Crippen MR) is 82.0 cm³/mol. The Morgan fingerprint density at radius 3 is 2.73 bits per heavy atom. The lowest BCUT2D eigenvalue weighted by Gasteiger charge is -2.14. The van der Waals surface area contributed by atoms with Crippen molar-refractivity contribution in [1.82, 2.24) is 15.0 Å². The van der Waals surface area contributed by atoms with Crippen molar-refractivity contribution in [2.24, 2.45) is 0 Å². The van der Waals surface area contributed by atoms with Gasteiger partial charge < -0.3 is 9.42 Å². The minimum absolute atomic E-state index is 0.106. The highest BCUT2D eigenvalue weighted by molar-refractivity contribution is 5.93. The monoisotopic (exact) mass is 293 g/mol. The Hall–Kier alpha value is -2.95. The number of aromatic nitrogens is 2. The summed E-state index contributed by atoms with van der Waals surface area (Å²) in [6.07, 6.45) is 3.19. The summed E-state index contributed by atoms with van der Waals surface area (Å²) in [5, 5.41) is 4.05. The van der Waals surface area contributed by atoms with Crippen LogP contribution in [0, 0.1) is 0 Å². The van der Waals surface area contributed by atoms with Gasteiger partial charge in [-0.15, -0.1) is 0 Å². The molecule has 0 unspecified atom stereocenters. The lowest BCUT2D eigenvalue weighted by Crippen LogP contribution is -2.26. The van der Waals surface area contributed by atoms with E-state index in [9.17, 15) is 4.79 Å². The van der Waals surface area contributed by atoms with E-state index >= 15 is 0 Å². The molecule has 0 radical (unpaired) electrons. The Morgan fingerprint density at radius 2 is 2.00 bits per heavy atom. The fraction of sp³-hybridized carbons (Fsp3) is 0.118. The number of nitrogens with zero attached hydrogens (tertiary/aromatic N) is 3. The molecule has 5 nitrogen and oxygen atoms in total. The Balaban J connectivity index is 1.71. The van der Waals surface area contributed by atoms with E-state index in [4.69, 9.17) is 4.52 Å². The molecule has 0 bridgehead atoms. The van der Waals surface area contributed by atoms with Gasteiger partial charge in [-0.25, -0.2) is 0 Å². The molecule has 3 rings (SSSR count). The highest BCUT2D eigenvalue weighted by atomic mass is 16.5. The maximum Gasteiger partial charge on any atom is 0.255 e. The molecule has 3 aromatic rings. The Kier molecular flexibility index (Phi) is 3.96. The molecule has 110 valence electrons. The van der Waals surface area contributed by atoms with E-state index in [0.717, 1.165) is 11.3 Å². The van der Waals surface area contributed by atoms with Crippen LogP contribution in [0.3, 0.4) is 0 Å². The highest BCUT2D eigenvalue weighted by Crippen LogP contribution is 2.19. The maximum absolute atomic E-state index is 12.2. The number of benzene rings is 1. The van der Waals surface area contributed by atoms with Gasteiger partial charge >= 0.3 is 0 Å². The zero-order valence-corrected chi connectivity index (χ0v) is 12.1. The molecule has 0 fully saturated rings. The van der Waals surface area contributed by atoms with E-state index in [1.807, 2.05) is 36.4 Å². The number of carbonyl (C=O) groups is 1. The van der Waals surface area contributed by atoms with Crippen LogP contribution in [0.5, 0.6) is 0 Å². The van der Waals surface area contributed by atoms with Crippen molar-refractivity contribution in [2.75, 3.05) is 7.05 Å². The number of rotatable bonds is 4. The third-order valence-corrected chi connectivity index (χ3v) is 3.28. The van der Waals surface area contributed by atoms with Crippen LogP contribution in [0.1, 0.15) is 16.1 Å². The normalized spacial score (nSPS) is 10.4. The summed E-state index contributed by atoms with van der Waals surface area (Å²) < 4.78 is 5.32. The van der Waals surface area contributed by atoms with Crippen molar-refractivity contribution in [1.29, 1.82) is 0 Å². The van der Waals surface area contributed by atoms with E-state index < -0.39 is 0 Å². The van der Waals surface area contributed by atoms with Gasteiger partial charge in [0.25, 0.3) is 5.91 Å². The number of amides is 1. The van der Waals surface area contributed by atoms with E-state index in [2.05, 4.69) is 10.1 Å². The lowest BCUT2D eigenvalue weighted by molar-refractivity contribution is 0.0772. The maximum atomic E-state index is 12.2. The zero-order valence-electron chi connectivity index (χ0n) is 12.1. The first-order chi connectivity index (χ1) is 10.7. The summed E-state index contributed by atoms with van der Waals surface area (Å²) in [5.74, 6) is 0.532. The molecule has 1 amide bonds. The average Bonchev–Trinajstić information content (AvgIpc) is 3.04. The molecule has 0 aliphatic rings. The van der Waals surface area contributed by atoms with E-state index in [1.54, 1.807) is 36.5 Å². The first kappa shape index (κ1) is 14.0. The lowest BCUT2D eigenvalue weighted by atomic mass is 10.1. The van der Waals surface area contributed by atoms with Crippen LogP contribution in [0.25, 0.3) is 11.3 Å². The second kappa shape index (κ2) is 6.22. The molecule has 0 saturated carbocycles. The molecule has 1 aromatic carbocycles. The summed E-state index contributed by atoms with van der Waals surface area (Å²) >= 11 is 0. The van der Waals surface area contributed by atoms with Crippen LogP contribution in [-0.4, -0.2) is 28.0 Å². The summed E-state index contributed by atoms with van der Waals surface area (Å²) in [7, 11) is 1.72. The number of hydrogen-bond donors (Lipinski definition) is 0. The van der Waals surface area contributed by atoms with E-state index in [-0.39, 0.29) is 5.91 Å². The minimum atomic E-state index is -0.106. The van der Waals surface area contributed by atoms with Crippen molar-refractivity contribution in [3.63, 3.8) is 0 Å². The largest absolute Gasteiger partial charge is 0.359 e. The molecule has 2 heterocycles. The molecule has 0 aliphatic carbocycles. The van der Waals surface area contributed by atoms with Crippen LogP contribution < -0.4 is 0 Å². The van der Waals surface area contributed by atoms with Gasteiger partial charge in [-0.05, 0) is 12.1 Å². The molecule has 22 heavy (non-hydrogen) atoms. The highest BCUT2D eigenvalue weighted by Gasteiger charge is 2.15. The SMILES string of the molecule is CN(Cc1cc(-c2ccccc2)no1)C(=O)c1cccnc1. The van der Waals surface area contributed by atoms with Gasteiger partial charge in [0.1, 0.15) is 5.69 Å². The zero-order chi connectivity index (χ0) is 15.4. The van der Waals surface area contributed by atoms with Crippen LogP contribution in [0.2, 0.25) is 0 Å². The molecule has 0 spiro atoms. The number of carbonyl (C=O) groups excluding carboxylic acids is 1. The Bertz CT molecular complexity index is 754. The van der Waals surface area contributed by atoms with Gasteiger partial charge in [0, 0.05) is 31.1 Å². The molecular weight excluding hydrogens is 278 g/mol. The molecule has 2 aromatic heterocycles. The Morgan fingerprint density at radius 1 is 1.18 bits per heavy atom. The fourth-order valence-corrected chi connectivity index (χ4v) is 2.15. The van der Waals surface area contributed by atoms with Crippen LogP contribution >= 0.6 is 0 Å². The molecule has 0 saturated heterocycles. The standard InChI is InChI=1S/C17H15N3O2/c1-20(17(21)14-8-5-9-18-11-14)12-15-10-16(19-22-15)13-6-3-2-4-7-13/h2-11H,12H2,1H3. The van der Waals surface area contributed by atoms with Crippen LogP contribution in [-0.2, 0) is 6.54 Å². The van der Waals surface area contributed by atoms with Crippen molar-refractivity contribution < 1.29 is 9.32 Å². The molecule has 0 atom stereocenters. The predicted octanol–water partition coefficient (Wildman–Crippen LogP) is 3.01. The van der Waals surface area contributed by atoms with Gasteiger partial charge in [0.2, 0.25) is 0 Å². The van der Waals surface area contributed by atoms with Crippen molar-refractivity contribution in [3.05, 3.63) is 72.2 Å². The van der Waals surface area contributed by atoms with Gasteiger partial charge in [-0.2, -0.15) is 0 Å². The minimum Gasteiger partial charge on any atom is -0.359 e. The van der Waals surface area contributed by atoms with Crippen molar-refractivity contribution in [2.45, 2.75) is 6.54 Å². The number of hydrogen-bond acceptors (Lipinski definition) is 4. The third-order valence-electron chi connectivity index (χ3n) is 3.28. The van der Waals surface area contributed by atoms with Crippen molar-refractivity contribution in [3.8, 4) is 11.3 Å². The second-order valence-electron chi connectivity index (χ2n) is 4.95. The van der Waals surface area contributed by atoms with Gasteiger partial charge in [0.05, 0.1) is 12.1 Å². The quantitative estimate of drug-likeness (QED) is 0.742.